The molecule has 3 N–H and O–H groups in total. The van der Waals surface area contributed by atoms with E-state index in [-0.39, 0.29) is 23.1 Å². The molecule has 1 spiro atoms. The Kier molecular flexibility index (Phi) is 4.03. The third-order valence-corrected chi connectivity index (χ3v) is 5.54. The minimum Gasteiger partial charge on any atom is -0.385 e. The second-order valence-electron chi connectivity index (χ2n) is 5.86. The number of nitrogens with zero attached hydrogens (tertiary/aromatic N) is 2. The summed E-state index contributed by atoms with van der Waals surface area (Å²) in [5.74, 6) is 0.489. The van der Waals surface area contributed by atoms with Crippen LogP contribution in [0.2, 0.25) is 5.02 Å². The minimum absolute atomic E-state index is 0.172. The Morgan fingerprint density at radius 1 is 1.68 bits per heavy atom. The lowest BCUT2D eigenvalue weighted by molar-refractivity contribution is -0.148. The summed E-state index contributed by atoms with van der Waals surface area (Å²) in [6.07, 6.45) is 3.95. The highest BCUT2D eigenvalue weighted by Gasteiger charge is 2.49. The quantitative estimate of drug-likeness (QED) is 0.352. The monoisotopic (exact) mass is 386 g/mol. The van der Waals surface area contributed by atoms with E-state index in [9.17, 15) is 4.79 Å². The van der Waals surface area contributed by atoms with Gasteiger partial charge in [-0.1, -0.05) is 16.8 Å². The normalized spacial score (nSPS) is 26.9. The molecule has 1 aromatic heterocycles. The lowest BCUT2D eigenvalue weighted by atomic mass is 9.80. The van der Waals surface area contributed by atoms with Crippen molar-refractivity contribution in [2.45, 2.75) is 31.6 Å². The van der Waals surface area contributed by atoms with Gasteiger partial charge >= 0.3 is 5.97 Å². The van der Waals surface area contributed by atoms with E-state index in [1.807, 2.05) is 0 Å². The van der Waals surface area contributed by atoms with Crippen LogP contribution in [0.3, 0.4) is 0 Å². The molecule has 22 heavy (non-hydrogen) atoms. The molecule has 3 rings (SSSR count). The lowest BCUT2D eigenvalue weighted by Crippen LogP contribution is -2.27. The highest BCUT2D eigenvalue weighted by Crippen LogP contribution is 2.53. The minimum atomic E-state index is -0.339. The number of aromatic nitrogens is 1. The first kappa shape index (κ1) is 15.6. The number of carbonyl (C=O) groups excluding carboxylic acids is 1. The molecule has 118 valence electrons. The van der Waals surface area contributed by atoms with Crippen LogP contribution in [-0.4, -0.2) is 23.3 Å². The van der Waals surface area contributed by atoms with Gasteiger partial charge in [-0.15, -0.1) is 0 Å². The molecule has 1 fully saturated rings. The lowest BCUT2D eigenvalue weighted by Gasteiger charge is -2.24. The summed E-state index contributed by atoms with van der Waals surface area (Å²) in [4.78, 5) is 21.3. The molecule has 8 heteroatoms. The van der Waals surface area contributed by atoms with Gasteiger partial charge in [0.25, 0.3) is 0 Å². The van der Waals surface area contributed by atoms with Gasteiger partial charge in [-0.05, 0) is 42.1 Å². The van der Waals surface area contributed by atoms with Gasteiger partial charge in [-0.2, -0.15) is 0 Å². The molecule has 6 nitrogen and oxygen atoms in total. The summed E-state index contributed by atoms with van der Waals surface area (Å²) in [6.45, 7) is 2.30. The van der Waals surface area contributed by atoms with E-state index in [1.165, 1.54) is 0 Å². The predicted molar refractivity (Wildman–Crippen MR) is 87.8 cm³/mol. The summed E-state index contributed by atoms with van der Waals surface area (Å²) in [7, 11) is 0. The number of carbonyl (C=O) groups is 1. The zero-order valence-corrected chi connectivity index (χ0v) is 14.4. The number of rotatable bonds is 2. The van der Waals surface area contributed by atoms with Gasteiger partial charge in [-0.25, -0.2) is 9.78 Å². The highest BCUT2D eigenvalue weighted by molar-refractivity contribution is 9.10. The average Bonchev–Trinajstić information content (AvgIpc) is 3.06. The SMILES string of the molecule is CC(N)=NOC(=O)C1CCC2(CNc3ncc(Br)c(Cl)c32)C1. The molecule has 2 heterocycles. The van der Waals surface area contributed by atoms with Crippen molar-refractivity contribution in [2.24, 2.45) is 16.8 Å². The molecule has 1 aromatic rings. The number of nitrogens with two attached hydrogens (primary N) is 1. The molecule has 2 atom stereocenters. The van der Waals surface area contributed by atoms with Gasteiger partial charge in [-0.3, -0.25) is 0 Å². The van der Waals surface area contributed by atoms with Crippen LogP contribution in [0.25, 0.3) is 0 Å². The van der Waals surface area contributed by atoms with Crippen molar-refractivity contribution in [3.63, 3.8) is 0 Å². The maximum absolute atomic E-state index is 12.1. The van der Waals surface area contributed by atoms with Crippen LogP contribution in [0.5, 0.6) is 0 Å². The van der Waals surface area contributed by atoms with E-state index < -0.39 is 0 Å². The molecule has 0 bridgehead atoms. The summed E-state index contributed by atoms with van der Waals surface area (Å²) < 4.78 is 0.769. The zero-order valence-electron chi connectivity index (χ0n) is 12.0. The second kappa shape index (κ2) is 5.70. The van der Waals surface area contributed by atoms with Gasteiger partial charge in [0.15, 0.2) is 0 Å². The highest BCUT2D eigenvalue weighted by atomic mass is 79.9. The van der Waals surface area contributed by atoms with E-state index in [0.29, 0.717) is 11.4 Å². The van der Waals surface area contributed by atoms with Gasteiger partial charge < -0.3 is 15.9 Å². The Labute approximate surface area is 141 Å². The first-order valence-corrected chi connectivity index (χ1v) is 8.19. The average molecular weight is 388 g/mol. The van der Waals surface area contributed by atoms with E-state index in [0.717, 1.165) is 35.2 Å². The second-order valence-corrected chi connectivity index (χ2v) is 7.09. The number of hydrogen-bond donors (Lipinski definition) is 2. The fraction of sp³-hybridized carbons (Fsp3) is 0.500. The van der Waals surface area contributed by atoms with E-state index >= 15 is 0 Å². The van der Waals surface area contributed by atoms with E-state index in [4.69, 9.17) is 22.2 Å². The molecular formula is C14H16BrClN4O2. The third-order valence-electron chi connectivity index (χ3n) is 4.32. The maximum atomic E-state index is 12.1. The standard InChI is InChI=1S/C14H16BrClN4O2/c1-7(17)20-22-13(21)8-2-3-14(4-8)6-19-12-10(14)11(16)9(15)5-18-12/h5,8H,2-4,6H2,1H3,(H2,17,20)(H,18,19). The Morgan fingerprint density at radius 3 is 3.18 bits per heavy atom. The third kappa shape index (κ3) is 2.56. The van der Waals surface area contributed by atoms with E-state index in [1.54, 1.807) is 13.1 Å². The number of amidine groups is 1. The van der Waals surface area contributed by atoms with Crippen molar-refractivity contribution in [1.82, 2.24) is 4.98 Å². The van der Waals surface area contributed by atoms with Crippen LogP contribution >= 0.6 is 27.5 Å². The summed E-state index contributed by atoms with van der Waals surface area (Å²) in [5, 5.41) is 7.50. The van der Waals surface area contributed by atoms with Crippen molar-refractivity contribution in [1.29, 1.82) is 0 Å². The first-order valence-electron chi connectivity index (χ1n) is 7.02. The molecule has 0 amide bonds. The van der Waals surface area contributed by atoms with Crippen molar-refractivity contribution in [3.05, 3.63) is 21.3 Å². The molecule has 0 aromatic carbocycles. The molecular weight excluding hydrogens is 372 g/mol. The Balaban J connectivity index is 1.84. The zero-order chi connectivity index (χ0) is 15.9. The van der Waals surface area contributed by atoms with Gasteiger partial charge in [0.05, 0.1) is 15.4 Å². The molecule has 1 saturated carbocycles. The topological polar surface area (TPSA) is 89.6 Å². The predicted octanol–water partition coefficient (Wildman–Crippen LogP) is 2.80. The largest absolute Gasteiger partial charge is 0.385 e. The number of hydrogen-bond acceptors (Lipinski definition) is 5. The number of nitrogens with one attached hydrogen (secondary N) is 1. The summed E-state index contributed by atoms with van der Waals surface area (Å²) in [6, 6.07) is 0. The van der Waals surface area contributed by atoms with E-state index in [2.05, 4.69) is 31.4 Å². The van der Waals surface area contributed by atoms with Crippen LogP contribution < -0.4 is 11.1 Å². The summed E-state index contributed by atoms with van der Waals surface area (Å²) >= 11 is 9.88. The van der Waals surface area contributed by atoms with Gasteiger partial charge in [0, 0.05) is 23.7 Å². The van der Waals surface area contributed by atoms with Crippen molar-refractivity contribution in [3.8, 4) is 0 Å². The van der Waals surface area contributed by atoms with Crippen LogP contribution in [0, 0.1) is 5.92 Å². The smallest absolute Gasteiger partial charge is 0.338 e. The Bertz CT molecular complexity index is 662. The first-order chi connectivity index (χ1) is 10.4. The van der Waals surface area contributed by atoms with Crippen molar-refractivity contribution < 1.29 is 9.63 Å². The number of halogens is 2. The van der Waals surface area contributed by atoms with Crippen LogP contribution in [0.15, 0.2) is 15.8 Å². The van der Waals surface area contributed by atoms with Gasteiger partial charge in [0.1, 0.15) is 11.7 Å². The molecule has 1 aliphatic carbocycles. The molecule has 2 aliphatic rings. The molecule has 2 unspecified atom stereocenters. The van der Waals surface area contributed by atoms with Crippen LogP contribution in [-0.2, 0) is 15.0 Å². The maximum Gasteiger partial charge on any atom is 0.338 e. The fourth-order valence-corrected chi connectivity index (χ4v) is 3.97. The van der Waals surface area contributed by atoms with Crippen molar-refractivity contribution in [2.75, 3.05) is 11.9 Å². The fourth-order valence-electron chi connectivity index (χ4n) is 3.33. The van der Waals surface area contributed by atoms with Gasteiger partial charge in [0.2, 0.25) is 0 Å². The summed E-state index contributed by atoms with van der Waals surface area (Å²) in [5.41, 5.74) is 6.21. The number of oxime groups is 1. The van der Waals surface area contributed by atoms with Crippen LogP contribution in [0.4, 0.5) is 5.82 Å². The number of fused-ring (bicyclic) bond motifs is 2. The Hall–Kier alpha value is -1.34. The number of pyridine rings is 1. The number of anilines is 1. The molecule has 0 radical (unpaired) electrons. The molecule has 1 aliphatic heterocycles. The van der Waals surface area contributed by atoms with Crippen molar-refractivity contribution >= 4 is 45.2 Å². The molecule has 0 saturated heterocycles. The van der Waals surface area contributed by atoms with Crippen LogP contribution in [0.1, 0.15) is 31.7 Å². The Morgan fingerprint density at radius 2 is 2.45 bits per heavy atom.